The molecule has 1 aromatic heterocycles. The van der Waals surface area contributed by atoms with Crippen LogP contribution in [0.2, 0.25) is 0 Å². The monoisotopic (exact) mass is 159 g/mol. The lowest BCUT2D eigenvalue weighted by atomic mass is 10.7. The standard InChI is InChI=1S/C5H9N3OS/c1-6-2-3-9-5-7-4-8-10-5/h4,6H,2-3H2,1H3. The van der Waals surface area contributed by atoms with E-state index in [9.17, 15) is 0 Å². The molecule has 0 saturated carbocycles. The van der Waals surface area contributed by atoms with E-state index in [1.165, 1.54) is 17.9 Å². The van der Waals surface area contributed by atoms with Crippen molar-refractivity contribution in [1.29, 1.82) is 0 Å². The van der Waals surface area contributed by atoms with Gasteiger partial charge in [-0.1, -0.05) is 0 Å². The molecular formula is C5H9N3OS. The quantitative estimate of drug-likeness (QED) is 0.635. The molecule has 0 bridgehead atoms. The highest BCUT2D eigenvalue weighted by Gasteiger charge is 1.93. The smallest absolute Gasteiger partial charge is 0.292 e. The third-order valence-electron chi connectivity index (χ3n) is 0.919. The average Bonchev–Trinajstić information content (AvgIpc) is 2.41. The van der Waals surface area contributed by atoms with Crippen LogP contribution in [0.3, 0.4) is 0 Å². The van der Waals surface area contributed by atoms with E-state index >= 15 is 0 Å². The second-order valence-electron chi connectivity index (χ2n) is 1.66. The molecule has 0 aliphatic carbocycles. The predicted octanol–water partition coefficient (Wildman–Crippen LogP) is 0.136. The second-order valence-corrected chi connectivity index (χ2v) is 2.40. The third-order valence-corrected chi connectivity index (χ3v) is 1.50. The van der Waals surface area contributed by atoms with Crippen LogP contribution in [0.25, 0.3) is 0 Å². The highest BCUT2D eigenvalue weighted by Crippen LogP contribution is 2.08. The van der Waals surface area contributed by atoms with Gasteiger partial charge in [0, 0.05) is 18.1 Å². The van der Waals surface area contributed by atoms with Gasteiger partial charge >= 0.3 is 0 Å². The molecule has 0 aliphatic rings. The van der Waals surface area contributed by atoms with Crippen molar-refractivity contribution in [2.45, 2.75) is 0 Å². The molecule has 1 rings (SSSR count). The van der Waals surface area contributed by atoms with Gasteiger partial charge in [0.1, 0.15) is 12.9 Å². The molecule has 0 amide bonds. The van der Waals surface area contributed by atoms with Crippen molar-refractivity contribution in [2.75, 3.05) is 20.2 Å². The third kappa shape index (κ3) is 2.28. The largest absolute Gasteiger partial charge is 0.468 e. The van der Waals surface area contributed by atoms with Crippen LogP contribution in [0.4, 0.5) is 0 Å². The first-order valence-electron chi connectivity index (χ1n) is 2.97. The minimum atomic E-state index is 0.634. The summed E-state index contributed by atoms with van der Waals surface area (Å²) in [5.74, 6) is 0. The lowest BCUT2D eigenvalue weighted by molar-refractivity contribution is 0.317. The number of rotatable bonds is 4. The molecule has 0 radical (unpaired) electrons. The van der Waals surface area contributed by atoms with Gasteiger partial charge in [-0.05, 0) is 7.05 Å². The van der Waals surface area contributed by atoms with Gasteiger partial charge in [0.15, 0.2) is 0 Å². The molecule has 0 spiro atoms. The summed E-state index contributed by atoms with van der Waals surface area (Å²) >= 11 is 1.26. The molecule has 0 saturated heterocycles. The normalized spacial score (nSPS) is 9.70. The minimum absolute atomic E-state index is 0.634. The van der Waals surface area contributed by atoms with Crippen molar-refractivity contribution >= 4 is 11.5 Å². The first-order chi connectivity index (χ1) is 4.93. The maximum atomic E-state index is 5.17. The Bertz CT molecular complexity index is 165. The van der Waals surface area contributed by atoms with Crippen LogP contribution in [0, 0.1) is 0 Å². The summed E-state index contributed by atoms with van der Waals surface area (Å²) in [6.07, 6.45) is 1.49. The summed E-state index contributed by atoms with van der Waals surface area (Å²) < 4.78 is 8.95. The van der Waals surface area contributed by atoms with Crippen LogP contribution in [0.5, 0.6) is 5.19 Å². The van der Waals surface area contributed by atoms with E-state index in [2.05, 4.69) is 14.7 Å². The van der Waals surface area contributed by atoms with Crippen molar-refractivity contribution in [2.24, 2.45) is 0 Å². The SMILES string of the molecule is CNCCOc1ncns1. The number of likely N-dealkylation sites (N-methyl/N-ethyl adjacent to an activating group) is 1. The first kappa shape index (κ1) is 7.43. The van der Waals surface area contributed by atoms with Gasteiger partial charge in [0.05, 0.1) is 0 Å². The van der Waals surface area contributed by atoms with E-state index in [1.807, 2.05) is 7.05 Å². The second kappa shape index (κ2) is 4.19. The molecule has 1 heterocycles. The van der Waals surface area contributed by atoms with Crippen molar-refractivity contribution in [3.63, 3.8) is 0 Å². The van der Waals surface area contributed by atoms with Crippen molar-refractivity contribution in [3.8, 4) is 5.19 Å². The molecule has 1 N–H and O–H groups in total. The Morgan fingerprint density at radius 1 is 1.80 bits per heavy atom. The molecule has 0 fully saturated rings. The van der Waals surface area contributed by atoms with Crippen LogP contribution < -0.4 is 10.1 Å². The van der Waals surface area contributed by atoms with Crippen molar-refractivity contribution in [3.05, 3.63) is 6.33 Å². The predicted molar refractivity (Wildman–Crippen MR) is 39.3 cm³/mol. The fourth-order valence-electron chi connectivity index (χ4n) is 0.467. The molecule has 0 atom stereocenters. The molecule has 0 aromatic carbocycles. The number of ether oxygens (including phenoxy) is 1. The maximum absolute atomic E-state index is 5.17. The van der Waals surface area contributed by atoms with Gasteiger partial charge < -0.3 is 10.1 Å². The summed E-state index contributed by atoms with van der Waals surface area (Å²) in [6.45, 7) is 1.48. The van der Waals surface area contributed by atoms with E-state index < -0.39 is 0 Å². The number of hydrogen-bond acceptors (Lipinski definition) is 5. The van der Waals surface area contributed by atoms with Gasteiger partial charge in [-0.3, -0.25) is 0 Å². The number of nitrogens with zero attached hydrogens (tertiary/aromatic N) is 2. The summed E-state index contributed by atoms with van der Waals surface area (Å²) in [7, 11) is 1.88. The molecule has 56 valence electrons. The van der Waals surface area contributed by atoms with Crippen molar-refractivity contribution < 1.29 is 4.74 Å². The van der Waals surface area contributed by atoms with Crippen LogP contribution in [0.1, 0.15) is 0 Å². The van der Waals surface area contributed by atoms with Gasteiger partial charge in [-0.15, -0.1) is 0 Å². The van der Waals surface area contributed by atoms with Gasteiger partial charge in [-0.2, -0.15) is 9.36 Å². The number of aromatic nitrogens is 2. The molecule has 10 heavy (non-hydrogen) atoms. The van der Waals surface area contributed by atoms with Crippen LogP contribution in [-0.4, -0.2) is 29.6 Å². The molecule has 0 aliphatic heterocycles. The highest BCUT2D eigenvalue weighted by atomic mass is 32.1. The van der Waals surface area contributed by atoms with Crippen molar-refractivity contribution in [1.82, 2.24) is 14.7 Å². The Labute approximate surface area is 63.4 Å². The number of hydrogen-bond donors (Lipinski definition) is 1. The molecule has 0 unspecified atom stereocenters. The van der Waals surface area contributed by atoms with Crippen LogP contribution in [-0.2, 0) is 0 Å². The van der Waals surface area contributed by atoms with E-state index in [0.29, 0.717) is 11.8 Å². The average molecular weight is 159 g/mol. The van der Waals surface area contributed by atoms with Crippen LogP contribution in [0.15, 0.2) is 6.33 Å². The maximum Gasteiger partial charge on any atom is 0.292 e. The van der Waals surface area contributed by atoms with Crippen LogP contribution >= 0.6 is 11.5 Å². The lowest BCUT2D eigenvalue weighted by Gasteiger charge is -1.98. The minimum Gasteiger partial charge on any atom is -0.468 e. The molecular weight excluding hydrogens is 150 g/mol. The molecule has 1 aromatic rings. The van der Waals surface area contributed by atoms with Gasteiger partial charge in [0.25, 0.3) is 5.19 Å². The highest BCUT2D eigenvalue weighted by molar-refractivity contribution is 7.07. The van der Waals surface area contributed by atoms with E-state index in [1.54, 1.807) is 0 Å². The Kier molecular flexibility index (Phi) is 3.11. The van der Waals surface area contributed by atoms with Gasteiger partial charge in [-0.25, -0.2) is 0 Å². The summed E-state index contributed by atoms with van der Waals surface area (Å²) in [5, 5.41) is 3.60. The Hall–Kier alpha value is -0.680. The Morgan fingerprint density at radius 3 is 3.30 bits per heavy atom. The lowest BCUT2D eigenvalue weighted by Crippen LogP contribution is -2.15. The fourth-order valence-corrected chi connectivity index (χ4v) is 0.882. The number of nitrogens with one attached hydrogen (secondary N) is 1. The zero-order valence-corrected chi connectivity index (χ0v) is 6.52. The van der Waals surface area contributed by atoms with Gasteiger partial charge in [0.2, 0.25) is 0 Å². The first-order valence-corrected chi connectivity index (χ1v) is 3.75. The topological polar surface area (TPSA) is 47.0 Å². The zero-order chi connectivity index (χ0) is 7.23. The summed E-state index contributed by atoms with van der Waals surface area (Å²) in [5.41, 5.74) is 0. The summed E-state index contributed by atoms with van der Waals surface area (Å²) in [6, 6.07) is 0. The van der Waals surface area contributed by atoms with E-state index in [-0.39, 0.29) is 0 Å². The Morgan fingerprint density at radius 2 is 2.70 bits per heavy atom. The zero-order valence-electron chi connectivity index (χ0n) is 5.70. The van der Waals surface area contributed by atoms with E-state index in [4.69, 9.17) is 4.74 Å². The fraction of sp³-hybridized carbons (Fsp3) is 0.600. The molecule has 5 heteroatoms. The molecule has 4 nitrogen and oxygen atoms in total. The summed E-state index contributed by atoms with van der Waals surface area (Å²) in [4.78, 5) is 3.85. The Balaban J connectivity index is 2.15. The van der Waals surface area contributed by atoms with E-state index in [0.717, 1.165) is 6.54 Å².